The van der Waals surface area contributed by atoms with E-state index in [9.17, 15) is 4.79 Å². The molecule has 2 aromatic rings. The van der Waals surface area contributed by atoms with E-state index in [2.05, 4.69) is 4.98 Å². The summed E-state index contributed by atoms with van der Waals surface area (Å²) in [5.41, 5.74) is 2.59. The maximum atomic E-state index is 11.5. The Morgan fingerprint density at radius 3 is 3.00 bits per heavy atom. The molecule has 0 fully saturated rings. The highest BCUT2D eigenvalue weighted by molar-refractivity contribution is 7.13. The van der Waals surface area contributed by atoms with Crippen molar-refractivity contribution in [1.29, 1.82) is 0 Å². The van der Waals surface area contributed by atoms with Gasteiger partial charge in [0, 0.05) is 10.9 Å². The van der Waals surface area contributed by atoms with Gasteiger partial charge in [0.15, 0.2) is 5.69 Å². The summed E-state index contributed by atoms with van der Waals surface area (Å²) in [6.07, 6.45) is 0. The van der Waals surface area contributed by atoms with Crippen molar-refractivity contribution in [2.24, 2.45) is 0 Å². The molecule has 88 valence electrons. The lowest BCUT2D eigenvalue weighted by Crippen LogP contribution is -2.04. The summed E-state index contributed by atoms with van der Waals surface area (Å²) >= 11 is 1.45. The van der Waals surface area contributed by atoms with Crippen LogP contribution in [0.5, 0.6) is 0 Å². The lowest BCUT2D eigenvalue weighted by atomic mass is 10.1. The Morgan fingerprint density at radius 2 is 2.29 bits per heavy atom. The zero-order valence-corrected chi connectivity index (χ0v) is 10.6. The van der Waals surface area contributed by atoms with Crippen LogP contribution in [-0.2, 0) is 4.74 Å². The van der Waals surface area contributed by atoms with E-state index in [1.54, 1.807) is 12.3 Å². The Labute approximate surface area is 104 Å². The summed E-state index contributed by atoms with van der Waals surface area (Å²) < 4.78 is 4.91. The first-order valence-corrected chi connectivity index (χ1v) is 6.28. The minimum atomic E-state index is -0.359. The van der Waals surface area contributed by atoms with Gasteiger partial charge in [-0.3, -0.25) is 0 Å². The molecule has 0 saturated heterocycles. The largest absolute Gasteiger partial charge is 0.461 e. The van der Waals surface area contributed by atoms with Gasteiger partial charge in [0.1, 0.15) is 5.01 Å². The average Bonchev–Trinajstić information content (AvgIpc) is 2.78. The van der Waals surface area contributed by atoms with Gasteiger partial charge < -0.3 is 4.74 Å². The van der Waals surface area contributed by atoms with Crippen LogP contribution in [0.15, 0.2) is 29.6 Å². The quantitative estimate of drug-likeness (QED) is 0.781. The molecule has 0 unspecified atom stereocenters. The number of esters is 1. The number of carbonyl (C=O) groups is 1. The smallest absolute Gasteiger partial charge is 0.357 e. The molecule has 2 rings (SSSR count). The maximum absolute atomic E-state index is 11.5. The fourth-order valence-corrected chi connectivity index (χ4v) is 2.27. The van der Waals surface area contributed by atoms with Crippen molar-refractivity contribution in [3.8, 4) is 10.6 Å². The Balaban J connectivity index is 2.27. The fraction of sp³-hybridized carbons (Fsp3) is 0.231. The number of rotatable bonds is 3. The lowest BCUT2D eigenvalue weighted by molar-refractivity contribution is 0.0520. The highest BCUT2D eigenvalue weighted by atomic mass is 32.1. The molecule has 4 heteroatoms. The van der Waals surface area contributed by atoms with Crippen molar-refractivity contribution in [1.82, 2.24) is 4.98 Å². The maximum Gasteiger partial charge on any atom is 0.357 e. The molecule has 0 aliphatic carbocycles. The second-order valence-electron chi connectivity index (χ2n) is 3.63. The van der Waals surface area contributed by atoms with E-state index in [-0.39, 0.29) is 5.97 Å². The van der Waals surface area contributed by atoms with Gasteiger partial charge in [-0.2, -0.15) is 0 Å². The SMILES string of the molecule is CCOC(=O)c1csc(-c2cccc(C)c2)n1. The standard InChI is InChI=1S/C13H13NO2S/c1-3-16-13(15)11-8-17-12(14-11)10-6-4-5-9(2)7-10/h4-8H,3H2,1-2H3. The van der Waals surface area contributed by atoms with E-state index in [4.69, 9.17) is 4.74 Å². The van der Waals surface area contributed by atoms with E-state index < -0.39 is 0 Å². The predicted molar refractivity (Wildman–Crippen MR) is 68.2 cm³/mol. The summed E-state index contributed by atoms with van der Waals surface area (Å²) in [5.74, 6) is -0.359. The van der Waals surface area contributed by atoms with E-state index in [0.29, 0.717) is 12.3 Å². The Morgan fingerprint density at radius 1 is 1.47 bits per heavy atom. The second-order valence-corrected chi connectivity index (χ2v) is 4.49. The summed E-state index contributed by atoms with van der Waals surface area (Å²) in [6.45, 7) is 4.19. The van der Waals surface area contributed by atoms with E-state index in [1.807, 2.05) is 31.2 Å². The summed E-state index contributed by atoms with van der Waals surface area (Å²) in [4.78, 5) is 15.8. The first kappa shape index (κ1) is 11.8. The van der Waals surface area contributed by atoms with E-state index in [1.165, 1.54) is 16.9 Å². The highest BCUT2D eigenvalue weighted by Crippen LogP contribution is 2.24. The van der Waals surface area contributed by atoms with Gasteiger partial charge in [0.05, 0.1) is 6.61 Å². The van der Waals surface area contributed by atoms with E-state index in [0.717, 1.165) is 10.6 Å². The van der Waals surface area contributed by atoms with Crippen molar-refractivity contribution in [2.45, 2.75) is 13.8 Å². The highest BCUT2D eigenvalue weighted by Gasteiger charge is 2.12. The van der Waals surface area contributed by atoms with Gasteiger partial charge in [0.25, 0.3) is 0 Å². The van der Waals surface area contributed by atoms with Crippen LogP contribution < -0.4 is 0 Å². The van der Waals surface area contributed by atoms with E-state index >= 15 is 0 Å². The summed E-state index contributed by atoms with van der Waals surface area (Å²) in [7, 11) is 0. The third kappa shape index (κ3) is 2.71. The number of hydrogen-bond donors (Lipinski definition) is 0. The second kappa shape index (κ2) is 5.10. The van der Waals surface area contributed by atoms with Crippen LogP contribution in [-0.4, -0.2) is 17.6 Å². The van der Waals surface area contributed by atoms with Crippen LogP contribution >= 0.6 is 11.3 Å². The van der Waals surface area contributed by atoms with Crippen molar-refractivity contribution in [3.63, 3.8) is 0 Å². The number of hydrogen-bond acceptors (Lipinski definition) is 4. The van der Waals surface area contributed by atoms with Crippen LogP contribution in [0.3, 0.4) is 0 Å². The minimum Gasteiger partial charge on any atom is -0.461 e. The van der Waals surface area contributed by atoms with Crippen molar-refractivity contribution < 1.29 is 9.53 Å². The number of thiazole rings is 1. The molecule has 0 radical (unpaired) electrons. The number of aryl methyl sites for hydroxylation is 1. The van der Waals surface area contributed by atoms with Crippen LogP contribution in [0.25, 0.3) is 10.6 Å². The van der Waals surface area contributed by atoms with Crippen LogP contribution in [0.1, 0.15) is 23.0 Å². The van der Waals surface area contributed by atoms with Crippen molar-refractivity contribution in [3.05, 3.63) is 40.9 Å². The molecular weight excluding hydrogens is 234 g/mol. The van der Waals surface area contributed by atoms with Gasteiger partial charge >= 0.3 is 5.97 Å². The number of carbonyl (C=O) groups excluding carboxylic acids is 1. The first-order chi connectivity index (χ1) is 8.20. The molecule has 0 N–H and O–H groups in total. The zero-order chi connectivity index (χ0) is 12.3. The average molecular weight is 247 g/mol. The molecule has 1 aromatic carbocycles. The molecule has 0 atom stereocenters. The Bertz CT molecular complexity index is 534. The van der Waals surface area contributed by atoms with Gasteiger partial charge in [-0.1, -0.05) is 23.8 Å². The molecule has 0 bridgehead atoms. The Hall–Kier alpha value is -1.68. The van der Waals surface area contributed by atoms with Crippen LogP contribution in [0.4, 0.5) is 0 Å². The summed E-state index contributed by atoms with van der Waals surface area (Å²) in [5, 5.41) is 2.58. The zero-order valence-electron chi connectivity index (χ0n) is 9.77. The van der Waals surface area contributed by atoms with Gasteiger partial charge in [-0.15, -0.1) is 11.3 Å². The number of ether oxygens (including phenoxy) is 1. The van der Waals surface area contributed by atoms with Crippen LogP contribution in [0, 0.1) is 6.92 Å². The lowest BCUT2D eigenvalue weighted by Gasteiger charge is -1.98. The third-order valence-electron chi connectivity index (χ3n) is 2.25. The molecule has 0 spiro atoms. The molecule has 0 saturated carbocycles. The van der Waals surface area contributed by atoms with Gasteiger partial charge in [0.2, 0.25) is 0 Å². The topological polar surface area (TPSA) is 39.2 Å². The van der Waals surface area contributed by atoms with Crippen molar-refractivity contribution >= 4 is 17.3 Å². The molecule has 3 nitrogen and oxygen atoms in total. The predicted octanol–water partition coefficient (Wildman–Crippen LogP) is 3.30. The molecule has 1 aromatic heterocycles. The molecule has 17 heavy (non-hydrogen) atoms. The molecule has 0 aliphatic rings. The number of benzene rings is 1. The number of aromatic nitrogens is 1. The Kier molecular flexibility index (Phi) is 3.54. The molecule has 0 amide bonds. The van der Waals surface area contributed by atoms with Gasteiger partial charge in [-0.05, 0) is 19.9 Å². The normalized spacial score (nSPS) is 10.2. The third-order valence-corrected chi connectivity index (χ3v) is 3.15. The number of nitrogens with zero attached hydrogens (tertiary/aromatic N) is 1. The van der Waals surface area contributed by atoms with Crippen LogP contribution in [0.2, 0.25) is 0 Å². The molecule has 1 heterocycles. The van der Waals surface area contributed by atoms with Gasteiger partial charge in [-0.25, -0.2) is 9.78 Å². The molecular formula is C13H13NO2S. The summed E-state index contributed by atoms with van der Waals surface area (Å²) in [6, 6.07) is 8.05. The monoisotopic (exact) mass is 247 g/mol. The van der Waals surface area contributed by atoms with Crippen molar-refractivity contribution in [2.75, 3.05) is 6.61 Å². The first-order valence-electron chi connectivity index (χ1n) is 5.40. The fourth-order valence-electron chi connectivity index (χ4n) is 1.48. The minimum absolute atomic E-state index is 0.359. The molecule has 0 aliphatic heterocycles.